The van der Waals surface area contributed by atoms with Crippen molar-refractivity contribution in [1.82, 2.24) is 4.90 Å². The molecule has 1 aliphatic rings. The van der Waals surface area contributed by atoms with Gasteiger partial charge in [-0.25, -0.2) is 4.39 Å². The van der Waals surface area contributed by atoms with Crippen molar-refractivity contribution in [3.63, 3.8) is 0 Å². The van der Waals surface area contributed by atoms with Crippen LogP contribution in [0.3, 0.4) is 0 Å². The maximum Gasteiger partial charge on any atom is 0.262 e. The monoisotopic (exact) mass is 394 g/mol. The Labute approximate surface area is 169 Å². The molecule has 1 aliphatic heterocycles. The van der Waals surface area contributed by atoms with Crippen molar-refractivity contribution < 1.29 is 13.9 Å². The summed E-state index contributed by atoms with van der Waals surface area (Å²) in [5, 5.41) is 16.2. The van der Waals surface area contributed by atoms with Crippen LogP contribution in [0.15, 0.2) is 58.7 Å². The topological polar surface area (TPSA) is 78.1 Å². The Morgan fingerprint density at radius 1 is 1.17 bits per heavy atom. The number of rotatable bonds is 6. The number of carbonyl (C=O) groups excluding carboxylic acids is 1. The van der Waals surface area contributed by atoms with Crippen LogP contribution in [0.4, 0.5) is 4.39 Å². The minimum atomic E-state index is -0.546. The number of hydrogen-bond donors (Lipinski definition) is 1. The Bertz CT molecular complexity index is 967. The maximum absolute atomic E-state index is 14.1. The molecule has 29 heavy (non-hydrogen) atoms. The Morgan fingerprint density at radius 3 is 2.55 bits per heavy atom. The number of halogens is 1. The molecule has 0 bridgehead atoms. The zero-order valence-electron chi connectivity index (χ0n) is 16.5. The fraction of sp³-hybridized carbons (Fsp3) is 0.273. The van der Waals surface area contributed by atoms with Crippen molar-refractivity contribution in [2.75, 3.05) is 13.7 Å². The van der Waals surface area contributed by atoms with Crippen LogP contribution >= 0.6 is 0 Å². The molecular formula is C22H23FN4O2. The molecule has 1 N–H and O–H groups in total. The van der Waals surface area contributed by atoms with E-state index in [1.165, 1.54) is 24.1 Å². The molecule has 2 aromatic carbocycles. The second-order valence-electron chi connectivity index (χ2n) is 6.64. The lowest BCUT2D eigenvalue weighted by molar-refractivity contribution is 0.0840. The fourth-order valence-electron chi connectivity index (χ4n) is 3.02. The van der Waals surface area contributed by atoms with Crippen LogP contribution in [0.5, 0.6) is 0 Å². The van der Waals surface area contributed by atoms with E-state index in [0.29, 0.717) is 24.4 Å². The predicted octanol–water partition coefficient (Wildman–Crippen LogP) is 4.25. The highest BCUT2D eigenvalue weighted by Crippen LogP contribution is 2.19. The van der Waals surface area contributed by atoms with E-state index < -0.39 is 11.7 Å². The Morgan fingerprint density at radius 2 is 1.90 bits per heavy atom. The van der Waals surface area contributed by atoms with Gasteiger partial charge in [-0.05, 0) is 36.2 Å². The largest absolute Gasteiger partial charge is 0.481 e. The highest BCUT2D eigenvalue weighted by atomic mass is 19.1. The molecule has 7 heteroatoms. The van der Waals surface area contributed by atoms with Gasteiger partial charge in [0.1, 0.15) is 11.7 Å². The third-order valence-corrected chi connectivity index (χ3v) is 4.69. The number of amidine groups is 1. The van der Waals surface area contributed by atoms with Gasteiger partial charge >= 0.3 is 0 Å². The normalized spacial score (nSPS) is 12.9. The molecule has 1 amide bonds. The summed E-state index contributed by atoms with van der Waals surface area (Å²) in [6.07, 6.45) is 2.06. The first kappa shape index (κ1) is 20.4. The standard InChI is InChI=1S/C22H23FN4O2/c1-3-4-13-27(22(28)17-7-5-6-8-18(17)23)20-14-19(25-26-20)15-9-11-16(12-10-15)21(24)29-2/h5-12,24H,3-4,13-14H2,1-2H3. The first-order valence-electron chi connectivity index (χ1n) is 9.48. The van der Waals surface area contributed by atoms with Crippen molar-refractivity contribution in [2.45, 2.75) is 26.2 Å². The predicted molar refractivity (Wildman–Crippen MR) is 111 cm³/mol. The summed E-state index contributed by atoms with van der Waals surface area (Å²) in [4.78, 5) is 14.5. The summed E-state index contributed by atoms with van der Waals surface area (Å²) in [6, 6.07) is 13.2. The lowest BCUT2D eigenvalue weighted by Crippen LogP contribution is -2.38. The molecule has 1 heterocycles. The van der Waals surface area contributed by atoms with Crippen molar-refractivity contribution in [1.29, 1.82) is 5.41 Å². The second kappa shape index (κ2) is 9.23. The molecule has 3 rings (SSSR count). The molecule has 0 saturated carbocycles. The number of amides is 1. The average Bonchev–Trinajstić information content (AvgIpc) is 3.23. The Balaban J connectivity index is 1.77. The Kier molecular flexibility index (Phi) is 6.49. The molecule has 0 aromatic heterocycles. The molecule has 150 valence electrons. The van der Waals surface area contributed by atoms with E-state index in [9.17, 15) is 9.18 Å². The molecule has 2 aromatic rings. The minimum absolute atomic E-state index is 0.0298. The van der Waals surface area contributed by atoms with Crippen molar-refractivity contribution in [2.24, 2.45) is 10.2 Å². The summed E-state index contributed by atoms with van der Waals surface area (Å²) >= 11 is 0. The number of hydrogen-bond acceptors (Lipinski definition) is 5. The number of carbonyl (C=O) groups is 1. The average molecular weight is 394 g/mol. The zero-order valence-corrected chi connectivity index (χ0v) is 16.5. The van der Waals surface area contributed by atoms with E-state index in [4.69, 9.17) is 10.1 Å². The summed E-state index contributed by atoms with van der Waals surface area (Å²) in [5.41, 5.74) is 2.26. The number of methoxy groups -OCH3 is 1. The molecule has 0 spiro atoms. The molecule has 0 atom stereocenters. The summed E-state index contributed by atoms with van der Waals surface area (Å²) in [7, 11) is 1.45. The Hall–Kier alpha value is -3.35. The van der Waals surface area contributed by atoms with Crippen LogP contribution in [-0.4, -0.2) is 41.9 Å². The SMILES string of the molecule is CCCCN(C(=O)c1ccccc1F)C1=NN=C(c2ccc(C(=N)OC)cc2)C1. The number of unbranched alkanes of at least 4 members (excludes halogenated alkanes) is 1. The van der Waals surface area contributed by atoms with Crippen molar-refractivity contribution in [3.8, 4) is 0 Å². The smallest absolute Gasteiger partial charge is 0.262 e. The van der Waals surface area contributed by atoms with Gasteiger partial charge in [0.25, 0.3) is 5.91 Å². The fourth-order valence-corrected chi connectivity index (χ4v) is 3.02. The van der Waals surface area contributed by atoms with E-state index in [1.807, 2.05) is 19.1 Å². The zero-order chi connectivity index (χ0) is 20.8. The first-order chi connectivity index (χ1) is 14.0. The number of nitrogens with zero attached hydrogens (tertiary/aromatic N) is 3. The van der Waals surface area contributed by atoms with Crippen LogP contribution in [0.25, 0.3) is 0 Å². The third-order valence-electron chi connectivity index (χ3n) is 4.69. The van der Waals surface area contributed by atoms with Gasteiger partial charge in [-0.15, -0.1) is 5.10 Å². The first-order valence-corrected chi connectivity index (χ1v) is 9.48. The summed E-state index contributed by atoms with van der Waals surface area (Å²) in [6.45, 7) is 2.48. The molecule has 0 fully saturated rings. The molecule has 0 aliphatic carbocycles. The van der Waals surface area contributed by atoms with Crippen molar-refractivity contribution in [3.05, 3.63) is 71.0 Å². The third kappa shape index (κ3) is 4.56. The highest BCUT2D eigenvalue weighted by molar-refractivity contribution is 6.19. The summed E-state index contributed by atoms with van der Waals surface area (Å²) in [5.74, 6) is -0.357. The van der Waals surface area contributed by atoms with Gasteiger partial charge in [0.05, 0.1) is 24.8 Å². The molecule has 0 saturated heterocycles. The maximum atomic E-state index is 14.1. The van der Waals surface area contributed by atoms with Crippen LogP contribution in [0.1, 0.15) is 47.7 Å². The second-order valence-corrected chi connectivity index (χ2v) is 6.64. The van der Waals surface area contributed by atoms with Gasteiger partial charge in [-0.1, -0.05) is 37.6 Å². The number of benzene rings is 2. The quantitative estimate of drug-likeness (QED) is 0.587. The van der Waals surface area contributed by atoms with Gasteiger partial charge in [-0.3, -0.25) is 15.1 Å². The van der Waals surface area contributed by atoms with Crippen LogP contribution in [0.2, 0.25) is 0 Å². The minimum Gasteiger partial charge on any atom is -0.481 e. The van der Waals surface area contributed by atoms with Crippen molar-refractivity contribution >= 4 is 23.4 Å². The lowest BCUT2D eigenvalue weighted by atomic mass is 10.0. The van der Waals surface area contributed by atoms with E-state index in [0.717, 1.165) is 24.1 Å². The van der Waals surface area contributed by atoms with Crippen LogP contribution < -0.4 is 0 Å². The van der Waals surface area contributed by atoms with Crippen LogP contribution in [0, 0.1) is 11.2 Å². The molecule has 6 nitrogen and oxygen atoms in total. The van der Waals surface area contributed by atoms with Gasteiger partial charge < -0.3 is 4.74 Å². The van der Waals surface area contributed by atoms with Crippen LogP contribution in [-0.2, 0) is 4.74 Å². The van der Waals surface area contributed by atoms with Gasteiger partial charge in [-0.2, -0.15) is 5.10 Å². The van der Waals surface area contributed by atoms with Gasteiger partial charge in [0.2, 0.25) is 5.90 Å². The molecule has 0 unspecified atom stereocenters. The number of ether oxygens (including phenoxy) is 1. The highest BCUT2D eigenvalue weighted by Gasteiger charge is 2.27. The van der Waals surface area contributed by atoms with Gasteiger partial charge in [0, 0.05) is 12.1 Å². The van der Waals surface area contributed by atoms with E-state index in [2.05, 4.69) is 10.2 Å². The van der Waals surface area contributed by atoms with E-state index >= 15 is 0 Å². The van der Waals surface area contributed by atoms with E-state index in [1.54, 1.807) is 24.3 Å². The number of nitrogens with one attached hydrogen (secondary N) is 1. The molecular weight excluding hydrogens is 371 g/mol. The van der Waals surface area contributed by atoms with E-state index in [-0.39, 0.29) is 11.5 Å². The molecule has 0 radical (unpaired) electrons. The summed E-state index contributed by atoms with van der Waals surface area (Å²) < 4.78 is 19.1. The van der Waals surface area contributed by atoms with Gasteiger partial charge in [0.15, 0.2) is 0 Å². The lowest BCUT2D eigenvalue weighted by Gasteiger charge is -2.22.